The molecule has 0 aliphatic heterocycles. The van der Waals surface area contributed by atoms with Crippen molar-refractivity contribution in [2.75, 3.05) is 6.54 Å². The summed E-state index contributed by atoms with van der Waals surface area (Å²) in [6.07, 6.45) is 0.886. The molecule has 5 nitrogen and oxygen atoms in total. The molecule has 0 bridgehead atoms. The number of Topliss-reactive ketones (excluding diaryl/α,β-unsaturated/α-hetero) is 2. The molecule has 0 unspecified atom stereocenters. The van der Waals surface area contributed by atoms with Gasteiger partial charge in [0.1, 0.15) is 5.76 Å². The van der Waals surface area contributed by atoms with Gasteiger partial charge in [0.25, 0.3) is 0 Å². The van der Waals surface area contributed by atoms with Crippen molar-refractivity contribution in [1.82, 2.24) is 5.16 Å². The Morgan fingerprint density at radius 3 is 2.58 bits per heavy atom. The van der Waals surface area contributed by atoms with Crippen LogP contribution in [-0.4, -0.2) is 23.3 Å². The summed E-state index contributed by atoms with van der Waals surface area (Å²) in [4.78, 5) is 24.5. The highest BCUT2D eigenvalue weighted by molar-refractivity contribution is 7.16. The van der Waals surface area contributed by atoms with Gasteiger partial charge in [-0.2, -0.15) is 0 Å². The van der Waals surface area contributed by atoms with E-state index in [9.17, 15) is 9.59 Å². The molecular formula is C13H14N2O3S. The van der Waals surface area contributed by atoms with E-state index in [2.05, 4.69) is 5.16 Å². The SMILES string of the molecule is Cc1cc(CCC(=O)c2ccc(C(=O)CN)s2)no1. The maximum Gasteiger partial charge on any atom is 0.186 e. The van der Waals surface area contributed by atoms with E-state index in [1.54, 1.807) is 12.1 Å². The van der Waals surface area contributed by atoms with Crippen LogP contribution in [0.1, 0.15) is 37.2 Å². The number of ketones is 2. The molecule has 0 aliphatic rings. The molecule has 19 heavy (non-hydrogen) atoms. The third-order valence-corrected chi connectivity index (χ3v) is 3.79. The van der Waals surface area contributed by atoms with Gasteiger partial charge in [0.05, 0.1) is 22.0 Å². The van der Waals surface area contributed by atoms with Crippen LogP contribution in [0.5, 0.6) is 0 Å². The van der Waals surface area contributed by atoms with Crippen molar-refractivity contribution in [3.63, 3.8) is 0 Å². The van der Waals surface area contributed by atoms with Crippen LogP contribution in [-0.2, 0) is 6.42 Å². The van der Waals surface area contributed by atoms with E-state index in [1.165, 1.54) is 11.3 Å². The van der Waals surface area contributed by atoms with E-state index in [1.807, 2.05) is 13.0 Å². The van der Waals surface area contributed by atoms with Crippen LogP contribution in [0.15, 0.2) is 22.7 Å². The third kappa shape index (κ3) is 3.36. The second kappa shape index (κ2) is 5.90. The van der Waals surface area contributed by atoms with Crippen LogP contribution in [0.2, 0.25) is 0 Å². The van der Waals surface area contributed by atoms with E-state index in [4.69, 9.17) is 10.3 Å². The quantitative estimate of drug-likeness (QED) is 0.817. The Morgan fingerprint density at radius 1 is 1.32 bits per heavy atom. The number of hydrogen-bond acceptors (Lipinski definition) is 6. The maximum atomic E-state index is 12.0. The molecule has 0 aromatic carbocycles. The first-order chi connectivity index (χ1) is 9.10. The lowest BCUT2D eigenvalue weighted by molar-refractivity contribution is 0.0984. The van der Waals surface area contributed by atoms with E-state index in [0.717, 1.165) is 11.5 Å². The minimum atomic E-state index is -0.142. The minimum Gasteiger partial charge on any atom is -0.361 e. The molecule has 2 aromatic heterocycles. The highest BCUT2D eigenvalue weighted by atomic mass is 32.1. The summed E-state index contributed by atoms with van der Waals surface area (Å²) in [6, 6.07) is 5.13. The Labute approximate surface area is 114 Å². The largest absolute Gasteiger partial charge is 0.361 e. The summed E-state index contributed by atoms with van der Waals surface area (Å²) in [7, 11) is 0. The minimum absolute atomic E-state index is 0.00160. The molecule has 2 aromatic rings. The van der Waals surface area contributed by atoms with Crippen LogP contribution in [0.3, 0.4) is 0 Å². The molecule has 100 valence electrons. The molecule has 0 aliphatic carbocycles. The topological polar surface area (TPSA) is 86.2 Å². The smallest absolute Gasteiger partial charge is 0.186 e. The lowest BCUT2D eigenvalue weighted by Gasteiger charge is -1.95. The molecular weight excluding hydrogens is 264 g/mol. The fourth-order valence-electron chi connectivity index (χ4n) is 1.64. The van der Waals surface area contributed by atoms with Gasteiger partial charge < -0.3 is 10.3 Å². The Morgan fingerprint density at radius 2 is 2.00 bits per heavy atom. The van der Waals surface area contributed by atoms with Gasteiger partial charge in [-0.15, -0.1) is 11.3 Å². The number of thiophene rings is 1. The summed E-state index contributed by atoms with van der Waals surface area (Å²) in [5, 5.41) is 3.83. The van der Waals surface area contributed by atoms with Crippen molar-refractivity contribution in [1.29, 1.82) is 0 Å². The molecule has 0 amide bonds. The van der Waals surface area contributed by atoms with Crippen LogP contribution >= 0.6 is 11.3 Å². The lowest BCUT2D eigenvalue weighted by atomic mass is 10.1. The second-order valence-electron chi connectivity index (χ2n) is 4.14. The highest BCUT2D eigenvalue weighted by Crippen LogP contribution is 2.19. The van der Waals surface area contributed by atoms with Gasteiger partial charge in [-0.3, -0.25) is 9.59 Å². The average molecular weight is 278 g/mol. The Hall–Kier alpha value is -1.79. The second-order valence-corrected chi connectivity index (χ2v) is 5.23. The van der Waals surface area contributed by atoms with Crippen LogP contribution in [0.4, 0.5) is 0 Å². The number of rotatable bonds is 6. The van der Waals surface area contributed by atoms with Crippen molar-refractivity contribution < 1.29 is 14.1 Å². The zero-order chi connectivity index (χ0) is 13.8. The Kier molecular flexibility index (Phi) is 4.24. The number of hydrogen-bond donors (Lipinski definition) is 1. The number of nitrogens with zero attached hydrogens (tertiary/aromatic N) is 1. The van der Waals surface area contributed by atoms with Crippen LogP contribution < -0.4 is 5.73 Å². The van der Waals surface area contributed by atoms with E-state index >= 15 is 0 Å². The molecule has 6 heteroatoms. The lowest BCUT2D eigenvalue weighted by Crippen LogP contribution is -2.11. The van der Waals surface area contributed by atoms with Gasteiger partial charge >= 0.3 is 0 Å². The number of aryl methyl sites for hydroxylation is 2. The molecule has 0 atom stereocenters. The molecule has 0 saturated heterocycles. The van der Waals surface area contributed by atoms with Gasteiger partial charge in [0.15, 0.2) is 11.6 Å². The van der Waals surface area contributed by atoms with Crippen molar-refractivity contribution >= 4 is 22.9 Å². The third-order valence-electron chi connectivity index (χ3n) is 2.63. The molecule has 2 heterocycles. The van der Waals surface area contributed by atoms with Crippen molar-refractivity contribution in [2.24, 2.45) is 5.73 Å². The number of carbonyl (C=O) groups excluding carboxylic acids is 2. The normalized spacial score (nSPS) is 10.6. The molecule has 0 radical (unpaired) electrons. The van der Waals surface area contributed by atoms with Crippen LogP contribution in [0.25, 0.3) is 0 Å². The standard InChI is InChI=1S/C13H14N2O3S/c1-8-6-9(15-18-8)2-3-10(16)12-4-5-13(19-12)11(17)7-14/h4-6H,2-3,7,14H2,1H3. The number of aromatic nitrogens is 1. The summed E-state index contributed by atoms with van der Waals surface area (Å²) < 4.78 is 4.94. The summed E-state index contributed by atoms with van der Waals surface area (Å²) in [6.45, 7) is 1.77. The van der Waals surface area contributed by atoms with Crippen molar-refractivity contribution in [3.8, 4) is 0 Å². The monoisotopic (exact) mass is 278 g/mol. The molecule has 2 rings (SSSR count). The Balaban J connectivity index is 1.96. The predicted octanol–water partition coefficient (Wildman–Crippen LogP) is 2.00. The predicted molar refractivity (Wildman–Crippen MR) is 71.6 cm³/mol. The maximum absolute atomic E-state index is 12.0. The van der Waals surface area contributed by atoms with Crippen LogP contribution in [0, 0.1) is 6.92 Å². The van der Waals surface area contributed by atoms with E-state index < -0.39 is 0 Å². The summed E-state index contributed by atoms with van der Waals surface area (Å²) >= 11 is 1.19. The number of carbonyl (C=O) groups is 2. The first kappa shape index (κ1) is 13.6. The molecule has 0 saturated carbocycles. The first-order valence-corrected chi connectivity index (χ1v) is 6.70. The number of nitrogens with two attached hydrogens (primary N) is 1. The Bertz CT molecular complexity index is 601. The summed E-state index contributed by atoms with van der Waals surface area (Å²) in [5.41, 5.74) is 6.04. The molecule has 0 fully saturated rings. The fourth-order valence-corrected chi connectivity index (χ4v) is 2.56. The van der Waals surface area contributed by atoms with Gasteiger partial charge in [-0.1, -0.05) is 5.16 Å². The van der Waals surface area contributed by atoms with Gasteiger partial charge in [-0.05, 0) is 19.1 Å². The first-order valence-electron chi connectivity index (χ1n) is 5.88. The highest BCUT2D eigenvalue weighted by Gasteiger charge is 2.13. The van der Waals surface area contributed by atoms with Crippen molar-refractivity contribution in [2.45, 2.75) is 19.8 Å². The average Bonchev–Trinajstić information content (AvgIpc) is 3.04. The van der Waals surface area contributed by atoms with E-state index in [-0.39, 0.29) is 18.1 Å². The van der Waals surface area contributed by atoms with Gasteiger partial charge in [0.2, 0.25) is 0 Å². The van der Waals surface area contributed by atoms with Gasteiger partial charge in [-0.25, -0.2) is 0 Å². The van der Waals surface area contributed by atoms with Crippen molar-refractivity contribution in [3.05, 3.63) is 39.4 Å². The van der Waals surface area contributed by atoms with Gasteiger partial charge in [0, 0.05) is 18.9 Å². The zero-order valence-electron chi connectivity index (χ0n) is 10.5. The summed E-state index contributed by atoms with van der Waals surface area (Å²) in [5.74, 6) is 0.590. The van der Waals surface area contributed by atoms with E-state index in [0.29, 0.717) is 22.6 Å². The molecule has 2 N–H and O–H groups in total. The fraction of sp³-hybridized carbons (Fsp3) is 0.308. The zero-order valence-corrected chi connectivity index (χ0v) is 11.3. The molecule has 0 spiro atoms.